The molecule has 124 valence electrons. The summed E-state index contributed by atoms with van der Waals surface area (Å²) in [7, 11) is -1.29. The van der Waals surface area contributed by atoms with Gasteiger partial charge in [-0.05, 0) is 24.3 Å². The van der Waals surface area contributed by atoms with E-state index in [-0.39, 0.29) is 5.75 Å². The monoisotopic (exact) mass is 343 g/mol. The van der Waals surface area contributed by atoms with Gasteiger partial charge < -0.3 is 15.2 Å². The van der Waals surface area contributed by atoms with Crippen molar-refractivity contribution in [3.05, 3.63) is 48.7 Å². The first-order valence-corrected chi connectivity index (χ1v) is 9.11. The lowest BCUT2D eigenvalue weighted by molar-refractivity contribution is 0.408. The van der Waals surface area contributed by atoms with E-state index in [0.29, 0.717) is 16.3 Å². The van der Waals surface area contributed by atoms with Gasteiger partial charge in [0.25, 0.3) is 0 Å². The number of aromatic nitrogens is 1. The van der Waals surface area contributed by atoms with Gasteiger partial charge in [0.15, 0.2) is 0 Å². The number of phenolic OH excluding ortho intramolecular Hbond substituents is 1. The zero-order chi connectivity index (χ0) is 17.3. The molecule has 0 spiro atoms. The van der Waals surface area contributed by atoms with Crippen molar-refractivity contribution in [2.24, 2.45) is 0 Å². The Morgan fingerprint density at radius 3 is 2.71 bits per heavy atom. The number of anilines is 2. The predicted molar refractivity (Wildman–Crippen MR) is 94.7 cm³/mol. The van der Waals surface area contributed by atoms with E-state index in [2.05, 4.69) is 10.3 Å². The van der Waals surface area contributed by atoms with E-state index >= 15 is 0 Å². The summed E-state index contributed by atoms with van der Waals surface area (Å²) >= 11 is 0. The Labute approximate surface area is 140 Å². The smallest absolute Gasteiger partial charge is 0.124 e. The Morgan fingerprint density at radius 2 is 2.00 bits per heavy atom. The van der Waals surface area contributed by atoms with Crippen LogP contribution < -0.4 is 10.1 Å². The minimum atomic E-state index is -2.82. The number of benzene rings is 2. The van der Waals surface area contributed by atoms with Crippen molar-refractivity contribution in [3.8, 4) is 11.5 Å². The van der Waals surface area contributed by atoms with Crippen LogP contribution in [0.3, 0.4) is 0 Å². The molecule has 3 N–H and O–H groups in total. The van der Waals surface area contributed by atoms with E-state index < -0.39 is 9.73 Å². The third-order valence-electron chi connectivity index (χ3n) is 3.57. The van der Waals surface area contributed by atoms with Gasteiger partial charge in [-0.15, -0.1) is 0 Å². The molecule has 3 rings (SSSR count). The normalized spacial score (nSPS) is 13.4. The van der Waals surface area contributed by atoms with Crippen molar-refractivity contribution in [1.29, 1.82) is 4.78 Å². The van der Waals surface area contributed by atoms with Gasteiger partial charge in [-0.25, -0.2) is 8.99 Å². The molecule has 1 aromatic heterocycles. The molecule has 0 bridgehead atoms. The summed E-state index contributed by atoms with van der Waals surface area (Å²) in [6, 6.07) is 11.7. The second kappa shape index (κ2) is 6.01. The zero-order valence-corrected chi connectivity index (χ0v) is 14.1. The minimum Gasteiger partial charge on any atom is -0.508 e. The number of nitrogens with zero attached hydrogens (tertiary/aromatic N) is 1. The third-order valence-corrected chi connectivity index (χ3v) is 4.72. The fourth-order valence-electron chi connectivity index (χ4n) is 2.41. The highest BCUT2D eigenvalue weighted by Crippen LogP contribution is 2.31. The van der Waals surface area contributed by atoms with Crippen LogP contribution >= 0.6 is 0 Å². The Hall–Kier alpha value is -2.80. The molecule has 0 saturated carbocycles. The summed E-state index contributed by atoms with van der Waals surface area (Å²) in [4.78, 5) is 4.73. The molecular weight excluding hydrogens is 326 g/mol. The van der Waals surface area contributed by atoms with Gasteiger partial charge in [0.1, 0.15) is 11.5 Å². The maximum atomic E-state index is 12.0. The molecule has 0 radical (unpaired) electrons. The maximum Gasteiger partial charge on any atom is 0.124 e. The van der Waals surface area contributed by atoms with Crippen LogP contribution in [-0.4, -0.2) is 27.7 Å². The number of pyridine rings is 1. The Kier molecular flexibility index (Phi) is 4.02. The van der Waals surface area contributed by atoms with Crippen LogP contribution in [0.4, 0.5) is 11.4 Å². The number of methoxy groups -OCH3 is 1. The van der Waals surface area contributed by atoms with Gasteiger partial charge in [0, 0.05) is 52.3 Å². The van der Waals surface area contributed by atoms with Crippen molar-refractivity contribution in [2.75, 3.05) is 18.7 Å². The molecule has 0 aliphatic carbocycles. The zero-order valence-electron chi connectivity index (χ0n) is 13.2. The van der Waals surface area contributed by atoms with Crippen molar-refractivity contribution in [1.82, 2.24) is 4.98 Å². The summed E-state index contributed by atoms with van der Waals surface area (Å²) in [5, 5.41) is 13.7. The molecule has 7 heteroatoms. The second-order valence-corrected chi connectivity index (χ2v) is 7.58. The highest BCUT2D eigenvalue weighted by atomic mass is 32.2. The minimum absolute atomic E-state index is 0.0821. The van der Waals surface area contributed by atoms with Gasteiger partial charge in [-0.3, -0.25) is 4.98 Å². The van der Waals surface area contributed by atoms with E-state index in [4.69, 9.17) is 9.52 Å². The van der Waals surface area contributed by atoms with Crippen LogP contribution in [0.5, 0.6) is 11.5 Å². The SMILES string of the molecule is COc1cc(O)cc(Nc2ccnc3ccc(S(C)(=N)=O)cc23)c1. The maximum absolute atomic E-state index is 12.0. The molecule has 0 aliphatic rings. The average Bonchev–Trinajstić information content (AvgIpc) is 2.53. The van der Waals surface area contributed by atoms with Crippen LogP contribution in [0.1, 0.15) is 0 Å². The van der Waals surface area contributed by atoms with Gasteiger partial charge in [0.2, 0.25) is 0 Å². The first-order valence-electron chi connectivity index (χ1n) is 7.14. The Bertz CT molecular complexity index is 1020. The number of hydrogen-bond acceptors (Lipinski definition) is 6. The molecule has 1 heterocycles. The molecule has 6 nitrogen and oxygen atoms in total. The van der Waals surface area contributed by atoms with Crippen LogP contribution in [0, 0.1) is 4.78 Å². The summed E-state index contributed by atoms with van der Waals surface area (Å²) in [5.74, 6) is 0.609. The van der Waals surface area contributed by atoms with Crippen molar-refractivity contribution in [3.63, 3.8) is 0 Å². The lowest BCUT2D eigenvalue weighted by Gasteiger charge is -2.12. The molecule has 0 aliphatic heterocycles. The van der Waals surface area contributed by atoms with E-state index in [1.807, 2.05) is 0 Å². The van der Waals surface area contributed by atoms with E-state index in [1.54, 1.807) is 42.6 Å². The van der Waals surface area contributed by atoms with E-state index in [9.17, 15) is 9.32 Å². The summed E-state index contributed by atoms with van der Waals surface area (Å²) in [6.45, 7) is 0. The fraction of sp³-hybridized carbons (Fsp3) is 0.118. The van der Waals surface area contributed by atoms with Gasteiger partial charge >= 0.3 is 0 Å². The van der Waals surface area contributed by atoms with Gasteiger partial charge in [-0.1, -0.05) is 0 Å². The summed E-state index contributed by atoms with van der Waals surface area (Å²) < 4.78 is 24.9. The van der Waals surface area contributed by atoms with Crippen molar-refractivity contribution in [2.45, 2.75) is 4.90 Å². The highest BCUT2D eigenvalue weighted by Gasteiger charge is 2.09. The molecular formula is C17H17N3O3S. The number of aromatic hydroxyl groups is 1. The second-order valence-electron chi connectivity index (χ2n) is 5.43. The standard InChI is InChI=1S/C17H17N3O3S/c1-23-13-8-11(7-12(21)9-13)20-17-5-6-19-16-4-3-14(10-15(16)17)24(2,18)22/h3-10,18,21H,1-2H3,(H,19,20). The number of rotatable bonds is 4. The topological polar surface area (TPSA) is 95.3 Å². The Balaban J connectivity index is 2.11. The first-order chi connectivity index (χ1) is 11.4. The van der Waals surface area contributed by atoms with E-state index in [0.717, 1.165) is 16.6 Å². The highest BCUT2D eigenvalue weighted by molar-refractivity contribution is 7.91. The van der Waals surface area contributed by atoms with Crippen LogP contribution in [0.2, 0.25) is 0 Å². The van der Waals surface area contributed by atoms with Crippen molar-refractivity contribution < 1.29 is 14.1 Å². The Morgan fingerprint density at radius 1 is 1.21 bits per heavy atom. The average molecular weight is 343 g/mol. The van der Waals surface area contributed by atoms with Crippen molar-refractivity contribution >= 4 is 32.0 Å². The molecule has 1 unspecified atom stereocenters. The molecule has 1 atom stereocenters. The number of fused-ring (bicyclic) bond motifs is 1. The molecule has 2 aromatic carbocycles. The molecule has 0 saturated heterocycles. The molecule has 3 aromatic rings. The van der Waals surface area contributed by atoms with Crippen LogP contribution in [-0.2, 0) is 9.73 Å². The molecule has 24 heavy (non-hydrogen) atoms. The number of nitrogens with one attached hydrogen (secondary N) is 2. The molecule has 0 amide bonds. The van der Waals surface area contributed by atoms with Gasteiger partial charge in [0.05, 0.1) is 22.4 Å². The first kappa shape index (κ1) is 16.1. The number of hydrogen-bond donors (Lipinski definition) is 3. The number of ether oxygens (including phenoxy) is 1. The van der Waals surface area contributed by atoms with Crippen LogP contribution in [0.15, 0.2) is 53.6 Å². The van der Waals surface area contributed by atoms with E-state index in [1.165, 1.54) is 19.4 Å². The third kappa shape index (κ3) is 3.26. The quantitative estimate of drug-likeness (QED) is 0.671. The predicted octanol–water partition coefficient (Wildman–Crippen LogP) is 3.73. The number of phenols is 1. The lowest BCUT2D eigenvalue weighted by Crippen LogP contribution is -1.97. The van der Waals surface area contributed by atoms with Gasteiger partial charge in [-0.2, -0.15) is 0 Å². The molecule has 0 fully saturated rings. The summed E-state index contributed by atoms with van der Waals surface area (Å²) in [5.41, 5.74) is 2.10. The largest absolute Gasteiger partial charge is 0.508 e. The summed E-state index contributed by atoms with van der Waals surface area (Å²) in [6.07, 6.45) is 3.05. The lowest BCUT2D eigenvalue weighted by atomic mass is 10.1. The fourth-order valence-corrected chi connectivity index (χ4v) is 3.08. The van der Waals surface area contributed by atoms with Crippen LogP contribution in [0.25, 0.3) is 10.9 Å².